The van der Waals surface area contributed by atoms with Gasteiger partial charge in [-0.15, -0.1) is 0 Å². The molecule has 0 unspecified atom stereocenters. The van der Waals surface area contributed by atoms with Crippen LogP contribution in [0, 0.1) is 0 Å². The summed E-state index contributed by atoms with van der Waals surface area (Å²) in [4.78, 5) is 11.2. The van der Waals surface area contributed by atoms with Crippen LogP contribution in [0.3, 0.4) is 0 Å². The lowest BCUT2D eigenvalue weighted by Gasteiger charge is -2.32. The molecule has 0 rings (SSSR count). The second-order valence-electron chi connectivity index (χ2n) is 3.30. The van der Waals surface area contributed by atoms with Gasteiger partial charge in [0.2, 0.25) is 0 Å². The van der Waals surface area contributed by atoms with E-state index in [1.165, 1.54) is 0 Å². The van der Waals surface area contributed by atoms with Gasteiger partial charge in [-0.3, -0.25) is 0 Å². The molecular weight excluding hydrogens is 216 g/mol. The molecule has 0 spiro atoms. The van der Waals surface area contributed by atoms with Crippen LogP contribution in [0.15, 0.2) is 12.2 Å². The molecule has 0 N–H and O–H groups in total. The fourth-order valence-electron chi connectivity index (χ4n) is 0.624. The third kappa shape index (κ3) is 2.94. The van der Waals surface area contributed by atoms with Gasteiger partial charge in [0.15, 0.2) is 5.60 Å². The molecule has 0 aliphatic carbocycles. The monoisotopic (exact) mass is 231 g/mol. The number of carbonyl (C=O) groups excluding carboxylic acids is 1. The largest absolute Gasteiger partial charge is 0.450 e. The normalized spacial score (nSPS) is 16.6. The lowest BCUT2D eigenvalue weighted by molar-refractivity contribution is -0.240. The second kappa shape index (κ2) is 4.20. The van der Waals surface area contributed by atoms with Crippen LogP contribution in [0.2, 0.25) is 0 Å². The molecule has 88 valence electrons. The summed E-state index contributed by atoms with van der Waals surface area (Å²) in [6.07, 6.45) is -4.05. The van der Waals surface area contributed by atoms with Crippen molar-refractivity contribution in [1.29, 1.82) is 0 Å². The van der Waals surface area contributed by atoms with E-state index in [2.05, 4.69) is 11.3 Å². The molecule has 0 aromatic rings. The first kappa shape index (κ1) is 9.18. The van der Waals surface area contributed by atoms with Crippen LogP contribution in [0.1, 0.15) is 24.8 Å². The van der Waals surface area contributed by atoms with Gasteiger partial charge in [0.05, 0.1) is 0 Å². The van der Waals surface area contributed by atoms with E-state index in [1.807, 2.05) is 0 Å². The maximum absolute atomic E-state index is 13.0. The van der Waals surface area contributed by atoms with Gasteiger partial charge in [-0.25, -0.2) is 13.6 Å². The van der Waals surface area contributed by atoms with Gasteiger partial charge in [0, 0.05) is 9.69 Å². The molecule has 0 aliphatic rings. The van der Waals surface area contributed by atoms with Gasteiger partial charge in [0.1, 0.15) is 0 Å². The molecule has 0 bridgehead atoms. The molecule has 0 aromatic heterocycles. The molecule has 0 fully saturated rings. The number of alkyl halides is 4. The van der Waals surface area contributed by atoms with E-state index >= 15 is 0 Å². The summed E-state index contributed by atoms with van der Waals surface area (Å²) < 4.78 is 74.9. The molecule has 0 aliphatic heterocycles. The predicted molar refractivity (Wildman–Crippen MR) is 45.9 cm³/mol. The molecule has 0 saturated heterocycles. The third-order valence-corrected chi connectivity index (χ3v) is 1.67. The fraction of sp³-hybridized carbons (Fsp3) is 0.667. The number of esters is 1. The van der Waals surface area contributed by atoms with Crippen LogP contribution in [0.5, 0.6) is 0 Å². The minimum absolute atomic E-state index is 0.559. The van der Waals surface area contributed by atoms with E-state index in [1.54, 1.807) is 0 Å². The van der Waals surface area contributed by atoms with E-state index in [0.29, 0.717) is 13.8 Å². The highest BCUT2D eigenvalue weighted by Crippen LogP contribution is 2.37. The highest BCUT2D eigenvalue weighted by atomic mass is 19.3. The number of rotatable bonds is 4. The molecule has 0 amide bonds. The molecule has 15 heavy (non-hydrogen) atoms. The summed E-state index contributed by atoms with van der Waals surface area (Å²) in [6.45, 7) is 1.05. The van der Waals surface area contributed by atoms with Crippen molar-refractivity contribution in [3.05, 3.63) is 12.2 Å². The maximum atomic E-state index is 13.0. The Hall–Kier alpha value is -1.07. The van der Waals surface area contributed by atoms with Crippen LogP contribution in [0.25, 0.3) is 0 Å². The first-order valence-corrected chi connectivity index (χ1v) is 3.82. The summed E-state index contributed by atoms with van der Waals surface area (Å²) >= 11 is 0. The Morgan fingerprint density at radius 2 is 1.93 bits per heavy atom. The summed E-state index contributed by atoms with van der Waals surface area (Å²) in [5.74, 6) is -6.28. The Bertz CT molecular complexity index is 350. The molecule has 0 atom stereocenters. The molecule has 0 saturated carbocycles. The SMILES string of the molecule is [2H]C([2H])([2H])C(=C)C(=O)OC(C)(C)C(F)(F)C(F)F. The topological polar surface area (TPSA) is 26.3 Å². The van der Waals surface area contributed by atoms with Crippen LogP contribution in [0.4, 0.5) is 17.6 Å². The fourth-order valence-corrected chi connectivity index (χ4v) is 0.624. The van der Waals surface area contributed by atoms with E-state index in [0.717, 1.165) is 0 Å². The van der Waals surface area contributed by atoms with Crippen molar-refractivity contribution in [2.24, 2.45) is 0 Å². The Labute approximate surface area is 89.1 Å². The Kier molecular flexibility index (Phi) is 2.57. The van der Waals surface area contributed by atoms with Gasteiger partial charge in [-0.05, 0) is 20.7 Å². The number of ether oxygens (including phenoxy) is 1. The van der Waals surface area contributed by atoms with Crippen molar-refractivity contribution >= 4 is 5.97 Å². The van der Waals surface area contributed by atoms with Crippen molar-refractivity contribution < 1.29 is 31.2 Å². The molecule has 0 aromatic carbocycles. The van der Waals surface area contributed by atoms with Crippen molar-refractivity contribution in [3.63, 3.8) is 0 Å². The van der Waals surface area contributed by atoms with E-state index in [4.69, 9.17) is 4.11 Å². The number of hydrogen-bond acceptors (Lipinski definition) is 2. The van der Waals surface area contributed by atoms with E-state index in [9.17, 15) is 22.4 Å². The Morgan fingerprint density at radius 1 is 1.47 bits per heavy atom. The van der Waals surface area contributed by atoms with Crippen LogP contribution in [-0.4, -0.2) is 23.9 Å². The quantitative estimate of drug-likeness (QED) is 0.422. The first-order valence-electron chi connectivity index (χ1n) is 5.32. The van der Waals surface area contributed by atoms with Gasteiger partial charge in [-0.1, -0.05) is 6.58 Å². The molecular formula is C9H12F4O2. The Morgan fingerprint density at radius 3 is 2.27 bits per heavy atom. The summed E-state index contributed by atoms with van der Waals surface area (Å²) in [6, 6.07) is 0. The number of hydrogen-bond donors (Lipinski definition) is 0. The summed E-state index contributed by atoms with van der Waals surface area (Å²) in [5.41, 5.74) is -3.91. The summed E-state index contributed by atoms with van der Waals surface area (Å²) in [5, 5.41) is 0. The maximum Gasteiger partial charge on any atom is 0.345 e. The van der Waals surface area contributed by atoms with Gasteiger partial charge >= 0.3 is 18.3 Å². The predicted octanol–water partition coefficient (Wildman–Crippen LogP) is 2.78. The average Bonchev–Trinajstić information content (AvgIpc) is 2.13. The summed E-state index contributed by atoms with van der Waals surface area (Å²) in [7, 11) is 0. The average molecular weight is 231 g/mol. The second-order valence-corrected chi connectivity index (χ2v) is 3.30. The zero-order chi connectivity index (χ0) is 14.9. The van der Waals surface area contributed by atoms with E-state index < -0.39 is 36.3 Å². The standard InChI is InChI=1S/C9H12F4O2/c1-5(2)6(14)15-8(3,4)9(12,13)7(10)11/h7H,1H2,2-4H3/i2D3. The van der Waals surface area contributed by atoms with Crippen molar-refractivity contribution in [3.8, 4) is 0 Å². The minimum Gasteiger partial charge on any atom is -0.450 e. The molecule has 0 heterocycles. The smallest absolute Gasteiger partial charge is 0.345 e. The lowest BCUT2D eigenvalue weighted by Crippen LogP contribution is -2.51. The first-order chi connectivity index (χ1) is 7.73. The molecule has 0 radical (unpaired) electrons. The molecule has 2 nitrogen and oxygen atoms in total. The van der Waals surface area contributed by atoms with Crippen molar-refractivity contribution in [1.82, 2.24) is 0 Å². The number of halogens is 4. The van der Waals surface area contributed by atoms with Gasteiger partial charge in [-0.2, -0.15) is 8.78 Å². The van der Waals surface area contributed by atoms with Crippen molar-refractivity contribution in [2.45, 2.75) is 38.6 Å². The lowest BCUT2D eigenvalue weighted by atomic mass is 10.0. The third-order valence-electron chi connectivity index (χ3n) is 1.67. The van der Waals surface area contributed by atoms with Crippen LogP contribution >= 0.6 is 0 Å². The Balaban J connectivity index is 5.01. The van der Waals surface area contributed by atoms with E-state index in [-0.39, 0.29) is 0 Å². The van der Waals surface area contributed by atoms with Crippen LogP contribution in [-0.2, 0) is 9.53 Å². The minimum atomic E-state index is -4.61. The zero-order valence-electron chi connectivity index (χ0n) is 11.1. The molecule has 6 heteroatoms. The highest BCUT2D eigenvalue weighted by Gasteiger charge is 2.57. The highest BCUT2D eigenvalue weighted by molar-refractivity contribution is 5.87. The van der Waals surface area contributed by atoms with Crippen molar-refractivity contribution in [2.75, 3.05) is 0 Å². The van der Waals surface area contributed by atoms with Gasteiger partial charge in [0.25, 0.3) is 0 Å². The number of carbonyl (C=O) groups is 1. The van der Waals surface area contributed by atoms with Crippen LogP contribution < -0.4 is 0 Å². The zero-order valence-corrected chi connectivity index (χ0v) is 8.11. The van der Waals surface area contributed by atoms with Gasteiger partial charge < -0.3 is 4.74 Å².